The molecule has 4 aromatic rings. The second kappa shape index (κ2) is 11.9. The van der Waals surface area contributed by atoms with E-state index in [1.165, 1.54) is 12.3 Å². The van der Waals surface area contributed by atoms with Crippen LogP contribution in [-0.4, -0.2) is 34.2 Å². The molecule has 1 aliphatic heterocycles. The molecular formula is C33H29ClFN3O3. The van der Waals surface area contributed by atoms with Crippen molar-refractivity contribution in [2.24, 2.45) is 0 Å². The summed E-state index contributed by atoms with van der Waals surface area (Å²) < 4.78 is 27.4. The Morgan fingerprint density at radius 1 is 1.05 bits per heavy atom. The summed E-state index contributed by atoms with van der Waals surface area (Å²) in [5, 5.41) is 19.7. The molecule has 2 atom stereocenters. The summed E-state index contributed by atoms with van der Waals surface area (Å²) in [6.07, 6.45) is 4.85. The summed E-state index contributed by atoms with van der Waals surface area (Å²) in [5.74, 6) is 0.878. The highest BCUT2D eigenvalue weighted by atomic mass is 35.5. The molecular weight excluding hydrogens is 541 g/mol. The van der Waals surface area contributed by atoms with E-state index in [4.69, 9.17) is 21.1 Å². The highest BCUT2D eigenvalue weighted by Crippen LogP contribution is 2.43. The molecule has 208 valence electrons. The summed E-state index contributed by atoms with van der Waals surface area (Å²) in [6, 6.07) is 20.3. The van der Waals surface area contributed by atoms with E-state index >= 15 is 0 Å². The van der Waals surface area contributed by atoms with E-state index in [0.29, 0.717) is 40.7 Å². The van der Waals surface area contributed by atoms with Crippen molar-refractivity contribution in [1.29, 1.82) is 5.26 Å². The summed E-state index contributed by atoms with van der Waals surface area (Å²) >= 11 is 6.78. The number of β-amino-alcohol motifs (C(OH)–C–C–N with tert-alkyl or cyclic N) is 1. The molecule has 2 aliphatic rings. The van der Waals surface area contributed by atoms with Gasteiger partial charge in [-0.2, -0.15) is 5.26 Å². The van der Waals surface area contributed by atoms with E-state index in [1.54, 1.807) is 24.4 Å². The van der Waals surface area contributed by atoms with Crippen LogP contribution in [-0.2, 0) is 19.6 Å². The van der Waals surface area contributed by atoms with Crippen LogP contribution < -0.4 is 9.47 Å². The molecule has 1 N–H and O–H groups in total. The van der Waals surface area contributed by atoms with Crippen LogP contribution in [0.15, 0.2) is 73.1 Å². The Kier molecular flexibility index (Phi) is 7.89. The molecule has 8 heteroatoms. The van der Waals surface area contributed by atoms with Gasteiger partial charge in [-0.1, -0.05) is 48.0 Å². The molecule has 1 aliphatic carbocycles. The van der Waals surface area contributed by atoms with Gasteiger partial charge in [-0.05, 0) is 54.2 Å². The third-order valence-electron chi connectivity index (χ3n) is 7.72. The second-order valence-electron chi connectivity index (χ2n) is 10.5. The fourth-order valence-corrected chi connectivity index (χ4v) is 5.96. The molecule has 0 amide bonds. The number of nitriles is 1. The van der Waals surface area contributed by atoms with Gasteiger partial charge in [0.2, 0.25) is 0 Å². The Morgan fingerprint density at radius 2 is 1.90 bits per heavy atom. The van der Waals surface area contributed by atoms with Crippen LogP contribution in [0.25, 0.3) is 11.1 Å². The van der Waals surface area contributed by atoms with E-state index in [1.807, 2.05) is 36.4 Å². The predicted octanol–water partition coefficient (Wildman–Crippen LogP) is 6.62. The van der Waals surface area contributed by atoms with Crippen molar-refractivity contribution in [1.82, 2.24) is 9.88 Å². The number of hydrogen-bond acceptors (Lipinski definition) is 6. The maximum Gasteiger partial charge on any atom is 0.142 e. The molecule has 0 radical (unpaired) electrons. The van der Waals surface area contributed by atoms with E-state index in [2.05, 4.69) is 16.0 Å². The Bertz CT molecular complexity index is 1620. The minimum atomic E-state index is -0.339. The van der Waals surface area contributed by atoms with Crippen molar-refractivity contribution in [3.05, 3.63) is 112 Å². The van der Waals surface area contributed by atoms with Crippen molar-refractivity contribution in [2.75, 3.05) is 13.1 Å². The van der Waals surface area contributed by atoms with Crippen molar-refractivity contribution >= 4 is 11.6 Å². The number of halogens is 2. The van der Waals surface area contributed by atoms with Gasteiger partial charge >= 0.3 is 0 Å². The smallest absolute Gasteiger partial charge is 0.142 e. The highest BCUT2D eigenvalue weighted by molar-refractivity contribution is 6.32. The molecule has 1 aromatic heterocycles. The number of pyridine rings is 1. The summed E-state index contributed by atoms with van der Waals surface area (Å²) in [4.78, 5) is 6.30. The van der Waals surface area contributed by atoms with Crippen molar-refractivity contribution in [3.8, 4) is 28.7 Å². The summed E-state index contributed by atoms with van der Waals surface area (Å²) in [6.45, 7) is 2.17. The number of aliphatic hydroxyl groups excluding tert-OH is 1. The van der Waals surface area contributed by atoms with Gasteiger partial charge in [0.15, 0.2) is 0 Å². The minimum absolute atomic E-state index is 0.220. The Morgan fingerprint density at radius 3 is 2.71 bits per heavy atom. The largest absolute Gasteiger partial charge is 0.488 e. The third-order valence-corrected chi connectivity index (χ3v) is 8.02. The molecule has 0 bridgehead atoms. The van der Waals surface area contributed by atoms with Gasteiger partial charge in [0.1, 0.15) is 36.1 Å². The number of nitrogens with zero attached hydrogens (tertiary/aromatic N) is 3. The maximum atomic E-state index is 14.6. The van der Waals surface area contributed by atoms with Gasteiger partial charge in [0.05, 0.1) is 16.7 Å². The predicted molar refractivity (Wildman–Crippen MR) is 154 cm³/mol. The second-order valence-corrected chi connectivity index (χ2v) is 11.0. The fourth-order valence-electron chi connectivity index (χ4n) is 5.73. The topological polar surface area (TPSA) is 78.6 Å². The lowest BCUT2D eigenvalue weighted by molar-refractivity contribution is 0.174. The number of benzene rings is 3. The van der Waals surface area contributed by atoms with Crippen LogP contribution in [0.3, 0.4) is 0 Å². The lowest BCUT2D eigenvalue weighted by Gasteiger charge is -2.22. The minimum Gasteiger partial charge on any atom is -0.488 e. The van der Waals surface area contributed by atoms with Crippen molar-refractivity contribution in [2.45, 2.75) is 44.6 Å². The van der Waals surface area contributed by atoms with E-state index in [-0.39, 0.29) is 24.6 Å². The molecule has 1 fully saturated rings. The lowest BCUT2D eigenvalue weighted by atomic mass is 9.96. The van der Waals surface area contributed by atoms with Crippen LogP contribution in [0.5, 0.6) is 11.5 Å². The van der Waals surface area contributed by atoms with Crippen molar-refractivity contribution < 1.29 is 19.0 Å². The zero-order chi connectivity index (χ0) is 28.3. The van der Waals surface area contributed by atoms with Gasteiger partial charge < -0.3 is 14.6 Å². The van der Waals surface area contributed by atoms with E-state index in [9.17, 15) is 14.8 Å². The lowest BCUT2D eigenvalue weighted by Crippen LogP contribution is -2.22. The van der Waals surface area contributed by atoms with Crippen LogP contribution in [0.4, 0.5) is 4.39 Å². The molecule has 0 spiro atoms. The van der Waals surface area contributed by atoms with E-state index in [0.717, 1.165) is 53.6 Å². The maximum absolute atomic E-state index is 14.6. The third kappa shape index (κ3) is 5.91. The van der Waals surface area contributed by atoms with Crippen LogP contribution in [0, 0.1) is 17.1 Å². The van der Waals surface area contributed by atoms with Crippen LogP contribution in [0.1, 0.15) is 46.8 Å². The molecule has 3 aromatic carbocycles. The first-order valence-corrected chi connectivity index (χ1v) is 14.1. The Hall–Kier alpha value is -3.96. The normalized spacial score (nSPS) is 18.2. The first-order chi connectivity index (χ1) is 20.0. The molecule has 1 saturated heterocycles. The van der Waals surface area contributed by atoms with Gasteiger partial charge in [-0.25, -0.2) is 4.39 Å². The van der Waals surface area contributed by atoms with Crippen LogP contribution in [0.2, 0.25) is 5.02 Å². The zero-order valence-corrected chi connectivity index (χ0v) is 23.1. The van der Waals surface area contributed by atoms with Gasteiger partial charge in [-0.15, -0.1) is 0 Å². The average Bonchev–Trinajstić information content (AvgIpc) is 3.59. The van der Waals surface area contributed by atoms with Crippen LogP contribution >= 0.6 is 11.6 Å². The number of fused-ring (bicyclic) bond motifs is 1. The molecule has 0 unspecified atom stereocenters. The number of hydrogen-bond donors (Lipinski definition) is 1. The zero-order valence-electron chi connectivity index (χ0n) is 22.4. The summed E-state index contributed by atoms with van der Waals surface area (Å²) in [7, 11) is 0. The number of ether oxygens (including phenoxy) is 2. The average molecular weight is 570 g/mol. The molecule has 41 heavy (non-hydrogen) atoms. The molecule has 6 nitrogen and oxygen atoms in total. The monoisotopic (exact) mass is 569 g/mol. The van der Waals surface area contributed by atoms with Crippen molar-refractivity contribution in [3.63, 3.8) is 0 Å². The fraction of sp³-hybridized carbons (Fsp3) is 0.273. The van der Waals surface area contributed by atoms with E-state index < -0.39 is 0 Å². The molecule has 2 heterocycles. The van der Waals surface area contributed by atoms with Gasteiger partial charge in [0, 0.05) is 54.8 Å². The number of likely N-dealkylation sites (tertiary alicyclic amines) is 1. The molecule has 0 saturated carbocycles. The first-order valence-electron chi connectivity index (χ1n) is 13.7. The quantitative estimate of drug-likeness (QED) is 0.257. The van der Waals surface area contributed by atoms with Gasteiger partial charge in [-0.3, -0.25) is 9.88 Å². The molecule has 6 rings (SSSR count). The Balaban J connectivity index is 1.28. The highest BCUT2D eigenvalue weighted by Gasteiger charge is 2.29. The first kappa shape index (κ1) is 27.2. The Labute approximate surface area is 243 Å². The SMILES string of the molecule is N#Cc1cncc(COc2cc(O[C@H]3CCc4c(-c5ccccc5F)cccc43)c(Cl)cc2CN2CC[C@H](O)C2)c1. The standard InChI is InChI=1S/C33H29ClFN3O3/c34-29-13-23(18-38-11-10-24(39)19-38)32(40-20-22-12-21(15-36)16-37-17-22)14-33(29)41-31-9-8-26-25(5-3-6-28(26)31)27-4-1-2-7-30(27)35/h1-7,12-14,16-17,24,31,39H,8-11,18-20H2/t24-,31-/m0/s1. The van der Waals surface area contributed by atoms with Gasteiger partial charge in [0.25, 0.3) is 0 Å². The number of aliphatic hydroxyl groups is 1. The number of aromatic nitrogens is 1. The number of rotatable bonds is 8. The summed E-state index contributed by atoms with van der Waals surface area (Å²) in [5.41, 5.74) is 5.71.